The largest absolute Gasteiger partial charge is 0.494 e. The standard InChI is InChI=1S/C19H25N5O4S2/c1-3-27-14-4-6-15(7-5-14)28-12-17(26)23-8-10-24(11-9-23)18-21-22-19(30-18)29-13-16(25)20-2/h4-7H,3,8-13H2,1-2H3,(H,20,25). The predicted molar refractivity (Wildman–Crippen MR) is 117 cm³/mol. The Morgan fingerprint density at radius 2 is 1.77 bits per heavy atom. The molecule has 1 fully saturated rings. The van der Waals surface area contributed by atoms with Crippen LogP contribution in [0.3, 0.4) is 0 Å². The van der Waals surface area contributed by atoms with Crippen molar-refractivity contribution in [2.75, 3.05) is 57.1 Å². The number of piperazine rings is 1. The Balaban J connectivity index is 1.42. The van der Waals surface area contributed by atoms with Gasteiger partial charge in [-0.15, -0.1) is 10.2 Å². The number of thioether (sulfide) groups is 1. The summed E-state index contributed by atoms with van der Waals surface area (Å²) in [5, 5.41) is 11.7. The highest BCUT2D eigenvalue weighted by molar-refractivity contribution is 8.01. The van der Waals surface area contributed by atoms with E-state index in [-0.39, 0.29) is 18.4 Å². The lowest BCUT2D eigenvalue weighted by Gasteiger charge is -2.34. The van der Waals surface area contributed by atoms with Gasteiger partial charge in [-0.2, -0.15) is 0 Å². The van der Waals surface area contributed by atoms with Crippen LogP contribution < -0.4 is 19.7 Å². The van der Waals surface area contributed by atoms with Gasteiger partial charge >= 0.3 is 0 Å². The maximum Gasteiger partial charge on any atom is 0.260 e. The van der Waals surface area contributed by atoms with E-state index in [0.29, 0.717) is 44.3 Å². The molecule has 0 saturated carbocycles. The molecule has 1 aromatic heterocycles. The van der Waals surface area contributed by atoms with Crippen molar-refractivity contribution in [1.82, 2.24) is 20.4 Å². The van der Waals surface area contributed by atoms with Crippen LogP contribution >= 0.6 is 23.1 Å². The van der Waals surface area contributed by atoms with E-state index in [1.54, 1.807) is 24.1 Å². The number of hydrogen-bond acceptors (Lipinski definition) is 9. The average molecular weight is 452 g/mol. The van der Waals surface area contributed by atoms with E-state index in [1.165, 1.54) is 23.1 Å². The van der Waals surface area contributed by atoms with E-state index in [9.17, 15) is 9.59 Å². The average Bonchev–Trinajstić information content (AvgIpc) is 3.26. The Morgan fingerprint density at radius 3 is 2.40 bits per heavy atom. The van der Waals surface area contributed by atoms with Crippen LogP contribution in [0.15, 0.2) is 28.6 Å². The molecule has 1 aliphatic rings. The Morgan fingerprint density at radius 1 is 1.10 bits per heavy atom. The minimum Gasteiger partial charge on any atom is -0.494 e. The van der Waals surface area contributed by atoms with Crippen LogP contribution in [0.1, 0.15) is 6.92 Å². The number of amides is 2. The Kier molecular flexibility index (Phi) is 8.14. The highest BCUT2D eigenvalue weighted by Crippen LogP contribution is 2.28. The van der Waals surface area contributed by atoms with Crippen LogP contribution in [-0.2, 0) is 9.59 Å². The van der Waals surface area contributed by atoms with Gasteiger partial charge in [0, 0.05) is 33.2 Å². The summed E-state index contributed by atoms with van der Waals surface area (Å²) in [5.74, 6) is 1.65. The van der Waals surface area contributed by atoms with Gasteiger partial charge in [0.2, 0.25) is 11.0 Å². The molecule has 1 aliphatic heterocycles. The SMILES string of the molecule is CCOc1ccc(OCC(=O)N2CCN(c3nnc(SCC(=O)NC)s3)CC2)cc1. The number of nitrogens with zero attached hydrogens (tertiary/aromatic N) is 4. The van der Waals surface area contributed by atoms with Gasteiger partial charge in [0.25, 0.3) is 5.91 Å². The van der Waals surface area contributed by atoms with Crippen LogP contribution in [0, 0.1) is 0 Å². The first-order chi connectivity index (χ1) is 14.6. The van der Waals surface area contributed by atoms with Gasteiger partial charge in [-0.25, -0.2) is 0 Å². The first-order valence-electron chi connectivity index (χ1n) is 9.64. The Bertz CT molecular complexity index is 838. The molecule has 0 atom stereocenters. The zero-order valence-corrected chi connectivity index (χ0v) is 18.6. The van der Waals surface area contributed by atoms with E-state index in [4.69, 9.17) is 9.47 Å². The minimum atomic E-state index is -0.0451. The quantitative estimate of drug-likeness (QED) is 0.573. The summed E-state index contributed by atoms with van der Waals surface area (Å²) in [4.78, 5) is 27.7. The minimum absolute atomic E-state index is 0.00701. The fraction of sp³-hybridized carbons (Fsp3) is 0.474. The van der Waals surface area contributed by atoms with E-state index >= 15 is 0 Å². The summed E-state index contributed by atoms with van der Waals surface area (Å²) in [7, 11) is 1.61. The summed E-state index contributed by atoms with van der Waals surface area (Å²) in [5.41, 5.74) is 0. The molecule has 0 bridgehead atoms. The number of hydrogen-bond donors (Lipinski definition) is 1. The van der Waals surface area contributed by atoms with Crippen LogP contribution in [0.4, 0.5) is 5.13 Å². The molecular formula is C19H25N5O4S2. The van der Waals surface area contributed by atoms with Gasteiger partial charge in [0.05, 0.1) is 12.4 Å². The highest BCUT2D eigenvalue weighted by atomic mass is 32.2. The number of aromatic nitrogens is 2. The van der Waals surface area contributed by atoms with Gasteiger partial charge in [-0.1, -0.05) is 23.1 Å². The number of rotatable bonds is 9. The molecular weight excluding hydrogens is 426 g/mol. The lowest BCUT2D eigenvalue weighted by atomic mass is 10.3. The molecule has 11 heteroatoms. The zero-order valence-electron chi connectivity index (χ0n) is 17.0. The van der Waals surface area contributed by atoms with Gasteiger partial charge in [0.15, 0.2) is 10.9 Å². The Labute approximate surface area is 183 Å². The number of benzene rings is 1. The topological polar surface area (TPSA) is 96.9 Å². The molecule has 162 valence electrons. The van der Waals surface area contributed by atoms with E-state index in [1.807, 2.05) is 19.1 Å². The Hall–Kier alpha value is -2.53. The second kappa shape index (κ2) is 11.0. The van der Waals surface area contributed by atoms with Crippen molar-refractivity contribution >= 4 is 40.0 Å². The first-order valence-corrected chi connectivity index (χ1v) is 11.4. The second-order valence-corrected chi connectivity index (χ2v) is 8.55. The molecule has 2 amide bonds. The lowest BCUT2D eigenvalue weighted by Crippen LogP contribution is -2.50. The summed E-state index contributed by atoms with van der Waals surface area (Å²) >= 11 is 2.83. The molecule has 0 radical (unpaired) electrons. The number of anilines is 1. The molecule has 3 rings (SSSR count). The normalized spacial score (nSPS) is 13.8. The second-order valence-electron chi connectivity index (χ2n) is 6.37. The number of carbonyl (C=O) groups excluding carboxylic acids is 2. The summed E-state index contributed by atoms with van der Waals surface area (Å²) in [6.07, 6.45) is 0. The molecule has 9 nitrogen and oxygen atoms in total. The van der Waals surface area contributed by atoms with Crippen LogP contribution in [-0.4, -0.2) is 79.1 Å². The van der Waals surface area contributed by atoms with Gasteiger partial charge < -0.3 is 24.6 Å². The monoisotopic (exact) mass is 451 g/mol. The van der Waals surface area contributed by atoms with Gasteiger partial charge in [-0.05, 0) is 31.2 Å². The number of carbonyl (C=O) groups is 2. The molecule has 30 heavy (non-hydrogen) atoms. The van der Waals surface area contributed by atoms with Gasteiger partial charge in [-0.3, -0.25) is 9.59 Å². The first kappa shape index (κ1) is 22.2. The maximum atomic E-state index is 12.5. The van der Waals surface area contributed by atoms with E-state index in [0.717, 1.165) is 15.2 Å². The third kappa shape index (κ3) is 6.23. The molecule has 1 N–H and O–H groups in total. The predicted octanol–water partition coefficient (Wildman–Crippen LogP) is 1.50. The number of ether oxygens (including phenoxy) is 2. The van der Waals surface area contributed by atoms with Crippen molar-refractivity contribution in [3.05, 3.63) is 24.3 Å². The molecule has 2 heterocycles. The molecule has 0 aliphatic carbocycles. The summed E-state index contributed by atoms with van der Waals surface area (Å²) in [6, 6.07) is 7.24. The summed E-state index contributed by atoms with van der Waals surface area (Å²) < 4.78 is 11.8. The smallest absolute Gasteiger partial charge is 0.260 e. The van der Waals surface area contributed by atoms with E-state index < -0.39 is 0 Å². The van der Waals surface area contributed by atoms with Crippen LogP contribution in [0.25, 0.3) is 0 Å². The summed E-state index contributed by atoms with van der Waals surface area (Å²) in [6.45, 7) is 5.12. The van der Waals surface area contributed by atoms with Crippen molar-refractivity contribution < 1.29 is 19.1 Å². The van der Waals surface area contributed by atoms with Crippen molar-refractivity contribution in [3.8, 4) is 11.5 Å². The fourth-order valence-electron chi connectivity index (χ4n) is 2.77. The van der Waals surface area contributed by atoms with Crippen LogP contribution in [0.5, 0.6) is 11.5 Å². The lowest BCUT2D eigenvalue weighted by molar-refractivity contribution is -0.133. The highest BCUT2D eigenvalue weighted by Gasteiger charge is 2.23. The van der Waals surface area contributed by atoms with Gasteiger partial charge in [0.1, 0.15) is 11.5 Å². The molecule has 0 spiro atoms. The van der Waals surface area contributed by atoms with Crippen molar-refractivity contribution in [1.29, 1.82) is 0 Å². The molecule has 1 aromatic carbocycles. The van der Waals surface area contributed by atoms with Crippen molar-refractivity contribution in [2.45, 2.75) is 11.3 Å². The molecule has 1 saturated heterocycles. The fourth-order valence-corrected chi connectivity index (χ4v) is 4.54. The molecule has 2 aromatic rings. The maximum absolute atomic E-state index is 12.5. The molecule has 0 unspecified atom stereocenters. The van der Waals surface area contributed by atoms with E-state index in [2.05, 4.69) is 20.4 Å². The van der Waals surface area contributed by atoms with Crippen molar-refractivity contribution in [3.63, 3.8) is 0 Å². The number of nitrogens with one attached hydrogen (secondary N) is 1. The van der Waals surface area contributed by atoms with Crippen LogP contribution in [0.2, 0.25) is 0 Å². The third-order valence-electron chi connectivity index (χ3n) is 4.40. The third-order valence-corrected chi connectivity index (χ3v) is 6.52. The zero-order chi connectivity index (χ0) is 21.3. The van der Waals surface area contributed by atoms with Crippen molar-refractivity contribution in [2.24, 2.45) is 0 Å².